The van der Waals surface area contributed by atoms with E-state index in [2.05, 4.69) is 5.32 Å². The van der Waals surface area contributed by atoms with Crippen molar-refractivity contribution in [3.05, 3.63) is 61.9 Å². The van der Waals surface area contributed by atoms with Gasteiger partial charge in [-0.15, -0.1) is 22.7 Å². The topological polar surface area (TPSA) is 72.2 Å². The first kappa shape index (κ1) is 17.6. The SMILES string of the molecule is Cc1sc(NC(=O)c2ccc(Cl)s2)c(C(N)=O)c1-c1ccc(F)cc1. The number of halogens is 2. The lowest BCUT2D eigenvalue weighted by molar-refractivity contribution is 0.100. The van der Waals surface area contributed by atoms with Gasteiger partial charge in [-0.05, 0) is 36.8 Å². The predicted octanol–water partition coefficient (Wildman–Crippen LogP) is 4.93. The molecule has 2 heterocycles. The molecule has 0 saturated heterocycles. The van der Waals surface area contributed by atoms with Gasteiger partial charge in [0.1, 0.15) is 10.8 Å². The molecule has 4 nitrogen and oxygen atoms in total. The van der Waals surface area contributed by atoms with Gasteiger partial charge in [0.25, 0.3) is 11.8 Å². The average Bonchev–Trinajstić information content (AvgIpc) is 3.12. The fourth-order valence-electron chi connectivity index (χ4n) is 2.43. The lowest BCUT2D eigenvalue weighted by atomic mass is 10.0. The van der Waals surface area contributed by atoms with Gasteiger partial charge >= 0.3 is 0 Å². The molecule has 0 radical (unpaired) electrons. The number of benzene rings is 1. The van der Waals surface area contributed by atoms with E-state index in [1.165, 1.54) is 23.5 Å². The van der Waals surface area contributed by atoms with Crippen molar-refractivity contribution in [1.29, 1.82) is 0 Å². The number of anilines is 1. The van der Waals surface area contributed by atoms with Crippen LogP contribution in [-0.4, -0.2) is 11.8 Å². The highest BCUT2D eigenvalue weighted by Crippen LogP contribution is 2.40. The first-order valence-electron chi connectivity index (χ1n) is 7.12. The molecule has 0 aliphatic heterocycles. The molecule has 0 aliphatic carbocycles. The fraction of sp³-hybridized carbons (Fsp3) is 0.0588. The lowest BCUT2D eigenvalue weighted by Gasteiger charge is -2.06. The van der Waals surface area contributed by atoms with Crippen molar-refractivity contribution >= 4 is 51.1 Å². The van der Waals surface area contributed by atoms with Crippen molar-refractivity contribution in [2.75, 3.05) is 5.32 Å². The summed E-state index contributed by atoms with van der Waals surface area (Å²) in [6.07, 6.45) is 0. The molecule has 0 spiro atoms. The van der Waals surface area contributed by atoms with Crippen LogP contribution < -0.4 is 11.1 Å². The molecule has 3 N–H and O–H groups in total. The zero-order chi connectivity index (χ0) is 18.1. The maximum absolute atomic E-state index is 13.2. The number of nitrogens with one attached hydrogen (secondary N) is 1. The second kappa shape index (κ2) is 6.95. The largest absolute Gasteiger partial charge is 0.365 e. The number of amides is 2. The van der Waals surface area contributed by atoms with Crippen LogP contribution in [0.5, 0.6) is 0 Å². The van der Waals surface area contributed by atoms with E-state index in [1.54, 1.807) is 24.3 Å². The van der Waals surface area contributed by atoms with Crippen molar-refractivity contribution in [2.24, 2.45) is 5.73 Å². The molecule has 25 heavy (non-hydrogen) atoms. The zero-order valence-corrected chi connectivity index (χ0v) is 15.3. The van der Waals surface area contributed by atoms with Crippen LogP contribution in [0.3, 0.4) is 0 Å². The summed E-state index contributed by atoms with van der Waals surface area (Å²) in [6, 6.07) is 8.99. The maximum atomic E-state index is 13.2. The number of carbonyl (C=O) groups is 2. The summed E-state index contributed by atoms with van der Waals surface area (Å²) < 4.78 is 13.7. The number of carbonyl (C=O) groups excluding carboxylic acids is 2. The van der Waals surface area contributed by atoms with Gasteiger partial charge in [-0.25, -0.2) is 4.39 Å². The Bertz CT molecular complexity index is 964. The Morgan fingerprint density at radius 3 is 2.36 bits per heavy atom. The van der Waals surface area contributed by atoms with Crippen LogP contribution in [0.4, 0.5) is 9.39 Å². The molecule has 1 aromatic carbocycles. The van der Waals surface area contributed by atoms with Crippen molar-refractivity contribution in [1.82, 2.24) is 0 Å². The molecule has 8 heteroatoms. The minimum Gasteiger partial charge on any atom is -0.365 e. The quantitative estimate of drug-likeness (QED) is 0.658. The molecule has 0 unspecified atom stereocenters. The van der Waals surface area contributed by atoms with Crippen LogP contribution >= 0.6 is 34.3 Å². The van der Waals surface area contributed by atoms with E-state index >= 15 is 0 Å². The third-order valence-corrected chi connectivity index (χ3v) is 5.74. The molecule has 3 rings (SSSR count). The Labute approximate surface area is 156 Å². The van der Waals surface area contributed by atoms with Gasteiger partial charge < -0.3 is 11.1 Å². The monoisotopic (exact) mass is 394 g/mol. The van der Waals surface area contributed by atoms with Crippen molar-refractivity contribution < 1.29 is 14.0 Å². The summed E-state index contributed by atoms with van der Waals surface area (Å²) in [5, 5.41) is 3.08. The van der Waals surface area contributed by atoms with Gasteiger partial charge in [0.15, 0.2) is 0 Å². The Kier molecular flexibility index (Phi) is 4.89. The molecule has 0 aliphatic rings. The van der Waals surface area contributed by atoms with E-state index in [-0.39, 0.29) is 17.3 Å². The third-order valence-electron chi connectivity index (χ3n) is 3.49. The number of aryl methyl sites for hydroxylation is 1. The van der Waals surface area contributed by atoms with Crippen LogP contribution in [0.1, 0.15) is 24.9 Å². The molecular weight excluding hydrogens is 383 g/mol. The van der Waals surface area contributed by atoms with Crippen molar-refractivity contribution in [3.8, 4) is 11.1 Å². The zero-order valence-electron chi connectivity index (χ0n) is 12.9. The van der Waals surface area contributed by atoms with Crippen LogP contribution in [0.15, 0.2) is 36.4 Å². The highest BCUT2D eigenvalue weighted by Gasteiger charge is 2.23. The molecule has 128 valence electrons. The third kappa shape index (κ3) is 3.58. The summed E-state index contributed by atoms with van der Waals surface area (Å²) in [4.78, 5) is 25.6. The minimum atomic E-state index is -0.664. The first-order valence-corrected chi connectivity index (χ1v) is 9.13. The van der Waals surface area contributed by atoms with E-state index in [9.17, 15) is 14.0 Å². The molecule has 0 fully saturated rings. The lowest BCUT2D eigenvalue weighted by Crippen LogP contribution is -2.16. The summed E-state index contributed by atoms with van der Waals surface area (Å²) in [5.74, 6) is -1.41. The number of hydrogen-bond acceptors (Lipinski definition) is 4. The number of thiophene rings is 2. The van der Waals surface area contributed by atoms with Crippen LogP contribution in [0, 0.1) is 12.7 Å². The summed E-state index contributed by atoms with van der Waals surface area (Å²) in [5.41, 5.74) is 7.00. The first-order chi connectivity index (χ1) is 11.9. The van der Waals surface area contributed by atoms with Gasteiger partial charge in [0.05, 0.1) is 14.8 Å². The number of nitrogens with two attached hydrogens (primary N) is 1. The number of rotatable bonds is 4. The van der Waals surface area contributed by atoms with Crippen LogP contribution in [-0.2, 0) is 0 Å². The van der Waals surface area contributed by atoms with E-state index in [0.717, 1.165) is 16.2 Å². The second-order valence-corrected chi connectivity index (χ2v) is 8.11. The molecular formula is C17H12ClFN2O2S2. The molecule has 2 aromatic heterocycles. The fourth-order valence-corrected chi connectivity index (χ4v) is 4.45. The van der Waals surface area contributed by atoms with Crippen LogP contribution in [0.2, 0.25) is 4.34 Å². The number of primary amides is 1. The summed E-state index contributed by atoms with van der Waals surface area (Å²) in [7, 11) is 0. The highest BCUT2D eigenvalue weighted by atomic mass is 35.5. The Hall–Kier alpha value is -2.22. The molecule has 0 bridgehead atoms. The molecule has 0 atom stereocenters. The van der Waals surface area contributed by atoms with Gasteiger partial charge in [-0.2, -0.15) is 0 Å². The van der Waals surface area contributed by atoms with E-state index < -0.39 is 5.91 Å². The van der Waals surface area contributed by atoms with Gasteiger partial charge in [0, 0.05) is 10.4 Å². The molecule has 0 saturated carbocycles. The van der Waals surface area contributed by atoms with Crippen molar-refractivity contribution in [3.63, 3.8) is 0 Å². The normalized spacial score (nSPS) is 10.7. The maximum Gasteiger partial charge on any atom is 0.266 e. The van der Waals surface area contributed by atoms with Gasteiger partial charge in [-0.3, -0.25) is 9.59 Å². The van der Waals surface area contributed by atoms with E-state index in [4.69, 9.17) is 17.3 Å². The Morgan fingerprint density at radius 2 is 1.80 bits per heavy atom. The summed E-state index contributed by atoms with van der Waals surface area (Å²) >= 11 is 8.23. The van der Waals surface area contributed by atoms with Crippen LogP contribution in [0.25, 0.3) is 11.1 Å². The minimum absolute atomic E-state index is 0.213. The standard InChI is InChI=1S/C17H12ClFN2O2S2/c1-8-13(9-2-4-10(19)5-3-9)14(15(20)22)17(24-8)21-16(23)11-6-7-12(18)25-11/h2-7H,1H3,(H2,20,22)(H,21,23). The Morgan fingerprint density at radius 1 is 1.12 bits per heavy atom. The molecule has 2 amide bonds. The number of hydrogen-bond donors (Lipinski definition) is 2. The van der Waals surface area contributed by atoms with Gasteiger partial charge in [-0.1, -0.05) is 23.7 Å². The average molecular weight is 395 g/mol. The van der Waals surface area contributed by atoms with E-state index in [0.29, 0.717) is 25.3 Å². The second-order valence-electron chi connectivity index (χ2n) is 5.17. The summed E-state index contributed by atoms with van der Waals surface area (Å²) in [6.45, 7) is 1.81. The smallest absolute Gasteiger partial charge is 0.266 e. The highest BCUT2D eigenvalue weighted by molar-refractivity contribution is 7.19. The Balaban J connectivity index is 2.03. The van der Waals surface area contributed by atoms with Crippen molar-refractivity contribution in [2.45, 2.75) is 6.92 Å². The van der Waals surface area contributed by atoms with Gasteiger partial charge in [0.2, 0.25) is 0 Å². The van der Waals surface area contributed by atoms with E-state index in [1.807, 2.05) is 6.92 Å². The predicted molar refractivity (Wildman–Crippen MR) is 100 cm³/mol. The molecule has 3 aromatic rings.